The number of carbonyl (C=O) groups is 2. The first kappa shape index (κ1) is 15.9. The highest BCUT2D eigenvalue weighted by Gasteiger charge is 2.32. The first-order valence-corrected chi connectivity index (χ1v) is 8.75. The van der Waals surface area contributed by atoms with E-state index in [4.69, 9.17) is 0 Å². The monoisotopic (exact) mass is 398 g/mol. The molecule has 0 saturated heterocycles. The summed E-state index contributed by atoms with van der Waals surface area (Å²) in [5.74, 6) is -1.12. The quantitative estimate of drug-likeness (QED) is 0.731. The van der Waals surface area contributed by atoms with Gasteiger partial charge in [-0.15, -0.1) is 0 Å². The number of benzene rings is 2. The van der Waals surface area contributed by atoms with E-state index < -0.39 is 5.97 Å². The van der Waals surface area contributed by atoms with Gasteiger partial charge in [-0.2, -0.15) is 0 Å². The lowest BCUT2D eigenvalue weighted by Gasteiger charge is -2.28. The Labute approximate surface area is 152 Å². The van der Waals surface area contributed by atoms with E-state index in [0.29, 0.717) is 18.7 Å². The van der Waals surface area contributed by atoms with Gasteiger partial charge in [-0.05, 0) is 42.3 Å². The van der Waals surface area contributed by atoms with E-state index in [1.807, 2.05) is 48.5 Å². The topological polar surface area (TPSA) is 62.5 Å². The third kappa shape index (κ3) is 2.62. The fourth-order valence-corrected chi connectivity index (χ4v) is 3.86. The molecule has 1 aliphatic heterocycles. The maximum atomic E-state index is 13.2. The largest absolute Gasteiger partial charge is 0.480 e. The first-order valence-electron chi connectivity index (χ1n) is 7.95. The van der Waals surface area contributed by atoms with Gasteiger partial charge >= 0.3 is 5.97 Å². The number of halogens is 1. The fraction of sp³-hybridized carbons (Fsp3) is 0.158. The zero-order valence-electron chi connectivity index (χ0n) is 13.3. The Bertz CT molecular complexity index is 995. The molecule has 126 valence electrons. The second kappa shape index (κ2) is 6.04. The highest BCUT2D eigenvalue weighted by atomic mass is 79.9. The van der Waals surface area contributed by atoms with Crippen LogP contribution in [0.3, 0.4) is 0 Å². The summed E-state index contributed by atoms with van der Waals surface area (Å²) in [4.78, 5) is 26.3. The minimum Gasteiger partial charge on any atom is -0.480 e. The molecule has 1 N–H and O–H groups in total. The summed E-state index contributed by atoms with van der Waals surface area (Å²) in [6, 6.07) is 15.2. The van der Waals surface area contributed by atoms with Crippen LogP contribution in [0.5, 0.6) is 0 Å². The van der Waals surface area contributed by atoms with E-state index in [9.17, 15) is 14.7 Å². The average Bonchev–Trinajstić information content (AvgIpc) is 2.89. The van der Waals surface area contributed by atoms with Crippen molar-refractivity contribution in [2.75, 3.05) is 11.4 Å². The van der Waals surface area contributed by atoms with Crippen LogP contribution in [0.1, 0.15) is 16.1 Å². The summed E-state index contributed by atoms with van der Waals surface area (Å²) in [5, 5.41) is 10.3. The van der Waals surface area contributed by atoms with Gasteiger partial charge in [0.1, 0.15) is 12.2 Å². The lowest BCUT2D eigenvalue weighted by atomic mass is 10.0. The minimum absolute atomic E-state index is 0.152. The van der Waals surface area contributed by atoms with Crippen molar-refractivity contribution in [1.29, 1.82) is 0 Å². The SMILES string of the molecule is O=C(O)Cn1c2c(c3cc(Br)ccc31)CCN(c1ccccc1)C2=O. The third-order valence-electron chi connectivity index (χ3n) is 4.52. The smallest absolute Gasteiger partial charge is 0.323 e. The maximum absolute atomic E-state index is 13.2. The Morgan fingerprint density at radius 3 is 2.64 bits per heavy atom. The molecular formula is C19H15BrN2O3. The van der Waals surface area contributed by atoms with Gasteiger partial charge in [0.15, 0.2) is 0 Å². The second-order valence-electron chi connectivity index (χ2n) is 6.01. The second-order valence-corrected chi connectivity index (χ2v) is 6.93. The van der Waals surface area contributed by atoms with Crippen molar-refractivity contribution in [3.8, 4) is 0 Å². The van der Waals surface area contributed by atoms with Crippen LogP contribution in [0.15, 0.2) is 53.0 Å². The molecule has 0 unspecified atom stereocenters. The van der Waals surface area contributed by atoms with Gasteiger partial charge in [0.2, 0.25) is 0 Å². The van der Waals surface area contributed by atoms with Crippen molar-refractivity contribution in [1.82, 2.24) is 4.57 Å². The van der Waals surface area contributed by atoms with Gasteiger partial charge < -0.3 is 14.6 Å². The molecule has 1 aromatic heterocycles. The molecular weight excluding hydrogens is 384 g/mol. The van der Waals surface area contributed by atoms with Crippen molar-refractivity contribution in [2.24, 2.45) is 0 Å². The number of anilines is 1. The van der Waals surface area contributed by atoms with Gasteiger partial charge in [-0.1, -0.05) is 34.1 Å². The normalized spacial score (nSPS) is 14.0. The van der Waals surface area contributed by atoms with Gasteiger partial charge in [0.25, 0.3) is 5.91 Å². The van der Waals surface area contributed by atoms with Crippen molar-refractivity contribution in [3.63, 3.8) is 0 Å². The van der Waals surface area contributed by atoms with E-state index in [1.54, 1.807) is 9.47 Å². The van der Waals surface area contributed by atoms with Crippen LogP contribution in [0.2, 0.25) is 0 Å². The Kier molecular flexibility index (Phi) is 3.84. The number of carbonyl (C=O) groups excluding carboxylic acids is 1. The van der Waals surface area contributed by atoms with Crippen molar-refractivity contribution in [2.45, 2.75) is 13.0 Å². The Morgan fingerprint density at radius 1 is 1.16 bits per heavy atom. The average molecular weight is 399 g/mol. The van der Waals surface area contributed by atoms with Crippen LogP contribution in [0.4, 0.5) is 5.69 Å². The maximum Gasteiger partial charge on any atom is 0.323 e. The number of rotatable bonds is 3. The number of fused-ring (bicyclic) bond motifs is 3. The molecule has 25 heavy (non-hydrogen) atoms. The van der Waals surface area contributed by atoms with E-state index in [-0.39, 0.29) is 12.5 Å². The molecule has 2 aromatic carbocycles. The summed E-state index contributed by atoms with van der Waals surface area (Å²) in [5.41, 5.74) is 3.01. The molecule has 6 heteroatoms. The van der Waals surface area contributed by atoms with E-state index >= 15 is 0 Å². The zero-order valence-corrected chi connectivity index (χ0v) is 14.9. The summed E-state index contributed by atoms with van der Waals surface area (Å²) in [6.07, 6.45) is 0.690. The number of amides is 1. The van der Waals surface area contributed by atoms with Gasteiger partial charge in [0.05, 0.1) is 0 Å². The van der Waals surface area contributed by atoms with Crippen LogP contribution >= 0.6 is 15.9 Å². The number of nitrogens with zero attached hydrogens (tertiary/aromatic N) is 2. The summed E-state index contributed by atoms with van der Waals surface area (Å²) in [6.45, 7) is 0.344. The standard InChI is InChI=1S/C19H15BrN2O3/c20-12-6-7-16-15(10-12)14-8-9-21(13-4-2-1-3-5-13)19(25)18(14)22(16)11-17(23)24/h1-7,10H,8-9,11H2,(H,23,24). The molecule has 0 spiro atoms. The molecule has 0 radical (unpaired) electrons. The van der Waals surface area contributed by atoms with E-state index in [2.05, 4.69) is 15.9 Å². The fourth-order valence-electron chi connectivity index (χ4n) is 3.50. The third-order valence-corrected chi connectivity index (χ3v) is 5.02. The number of aliphatic carboxylic acids is 1. The van der Waals surface area contributed by atoms with Crippen LogP contribution < -0.4 is 4.90 Å². The number of carboxylic acids is 1. The van der Waals surface area contributed by atoms with Crippen molar-refractivity contribution < 1.29 is 14.7 Å². The van der Waals surface area contributed by atoms with Crippen LogP contribution in [-0.4, -0.2) is 28.1 Å². The molecule has 0 fully saturated rings. The summed E-state index contributed by atoms with van der Waals surface area (Å²) >= 11 is 3.46. The highest BCUT2D eigenvalue weighted by Crippen LogP contribution is 2.34. The molecule has 1 aliphatic rings. The number of carboxylic acid groups (broad SMARTS) is 1. The number of para-hydroxylation sites is 1. The molecule has 5 nitrogen and oxygen atoms in total. The zero-order chi connectivity index (χ0) is 17.6. The summed E-state index contributed by atoms with van der Waals surface area (Å²) in [7, 11) is 0. The predicted octanol–water partition coefficient (Wildman–Crippen LogP) is 3.69. The Morgan fingerprint density at radius 2 is 1.92 bits per heavy atom. The molecule has 0 atom stereocenters. The predicted molar refractivity (Wildman–Crippen MR) is 99.1 cm³/mol. The Balaban J connectivity index is 1.92. The first-order chi connectivity index (χ1) is 12.1. The van der Waals surface area contributed by atoms with Crippen LogP contribution in [-0.2, 0) is 17.8 Å². The number of hydrogen-bond donors (Lipinski definition) is 1. The number of hydrogen-bond acceptors (Lipinski definition) is 2. The van der Waals surface area contributed by atoms with Crippen LogP contribution in [0, 0.1) is 0 Å². The van der Waals surface area contributed by atoms with E-state index in [0.717, 1.165) is 26.6 Å². The minimum atomic E-state index is -0.966. The lowest BCUT2D eigenvalue weighted by molar-refractivity contribution is -0.137. The highest BCUT2D eigenvalue weighted by molar-refractivity contribution is 9.10. The lowest BCUT2D eigenvalue weighted by Crippen LogP contribution is -2.39. The summed E-state index contributed by atoms with van der Waals surface area (Å²) < 4.78 is 2.53. The van der Waals surface area contributed by atoms with Crippen molar-refractivity contribution in [3.05, 3.63) is 64.3 Å². The molecule has 0 bridgehead atoms. The molecule has 0 aliphatic carbocycles. The van der Waals surface area contributed by atoms with E-state index in [1.165, 1.54) is 0 Å². The van der Waals surface area contributed by atoms with Gasteiger partial charge in [-0.3, -0.25) is 9.59 Å². The van der Waals surface area contributed by atoms with Gasteiger partial charge in [0, 0.05) is 27.6 Å². The number of aromatic nitrogens is 1. The molecule has 3 aromatic rings. The Hall–Kier alpha value is -2.60. The van der Waals surface area contributed by atoms with Crippen molar-refractivity contribution >= 4 is 44.4 Å². The molecule has 2 heterocycles. The van der Waals surface area contributed by atoms with Crippen LogP contribution in [0.25, 0.3) is 10.9 Å². The molecule has 4 rings (SSSR count). The molecule has 0 saturated carbocycles. The van der Waals surface area contributed by atoms with Gasteiger partial charge in [-0.25, -0.2) is 0 Å². The molecule has 1 amide bonds.